The maximum atomic E-state index is 12.5. The third kappa shape index (κ3) is 3.65. The van der Waals surface area contributed by atoms with Crippen LogP contribution in [0.5, 0.6) is 0 Å². The van der Waals surface area contributed by atoms with E-state index in [4.69, 9.17) is 12.2 Å². The van der Waals surface area contributed by atoms with Gasteiger partial charge < -0.3 is 10.3 Å². The van der Waals surface area contributed by atoms with Crippen LogP contribution in [-0.4, -0.2) is 15.5 Å². The largest absolute Gasteiger partial charge is 0.348 e. The number of rotatable bonds is 5. The minimum Gasteiger partial charge on any atom is -0.348 e. The summed E-state index contributed by atoms with van der Waals surface area (Å²) < 4.78 is 1.74. The Bertz CT molecular complexity index is 1090. The minimum absolute atomic E-state index is 0.199. The van der Waals surface area contributed by atoms with E-state index in [2.05, 4.69) is 16.9 Å². The molecule has 0 fully saturated rings. The maximum Gasteiger partial charge on any atom is 0.262 e. The van der Waals surface area contributed by atoms with Gasteiger partial charge in [0.15, 0.2) is 4.77 Å². The molecule has 0 atom stereocenters. The van der Waals surface area contributed by atoms with Gasteiger partial charge in [0.2, 0.25) is 0 Å². The molecule has 0 saturated carbocycles. The van der Waals surface area contributed by atoms with Crippen LogP contribution in [0.2, 0.25) is 0 Å². The number of benzene rings is 2. The number of fused-ring (bicyclic) bond motifs is 1. The fourth-order valence-corrected chi connectivity index (χ4v) is 2.95. The van der Waals surface area contributed by atoms with E-state index < -0.39 is 0 Å². The molecule has 3 aromatic rings. The predicted molar refractivity (Wildman–Crippen MR) is 106 cm³/mol. The summed E-state index contributed by atoms with van der Waals surface area (Å²) >= 11 is 5.23. The first-order valence-corrected chi connectivity index (χ1v) is 8.62. The highest BCUT2D eigenvalue weighted by Crippen LogP contribution is 2.11. The predicted octanol–water partition coefficient (Wildman–Crippen LogP) is 3.48. The molecule has 0 aliphatic rings. The normalized spacial score (nSPS) is 10.7. The van der Waals surface area contributed by atoms with Crippen molar-refractivity contribution in [3.05, 3.63) is 86.9 Å². The highest BCUT2D eigenvalue weighted by atomic mass is 32.1. The van der Waals surface area contributed by atoms with Gasteiger partial charge in [0.05, 0.1) is 10.9 Å². The third-order valence-corrected chi connectivity index (χ3v) is 4.45. The van der Waals surface area contributed by atoms with Gasteiger partial charge in [-0.05, 0) is 42.9 Å². The number of carbonyl (C=O) groups is 1. The third-order valence-electron chi connectivity index (χ3n) is 4.13. The number of amides is 1. The van der Waals surface area contributed by atoms with E-state index in [9.17, 15) is 9.59 Å². The Kier molecular flexibility index (Phi) is 5.14. The number of nitrogens with one attached hydrogen (secondary N) is 2. The molecule has 0 radical (unpaired) electrons. The second kappa shape index (κ2) is 7.49. The molecule has 2 aromatic carbocycles. The first-order valence-electron chi connectivity index (χ1n) is 8.21. The van der Waals surface area contributed by atoms with Crippen LogP contribution in [-0.2, 0) is 13.1 Å². The average molecular weight is 365 g/mol. The van der Waals surface area contributed by atoms with Gasteiger partial charge in [-0.3, -0.25) is 14.2 Å². The lowest BCUT2D eigenvalue weighted by molar-refractivity contribution is 0.0951. The van der Waals surface area contributed by atoms with Crippen molar-refractivity contribution in [1.82, 2.24) is 14.9 Å². The molecular formula is C20H19N3O2S. The first-order chi connectivity index (χ1) is 12.5. The molecule has 0 saturated heterocycles. The maximum absolute atomic E-state index is 12.5. The van der Waals surface area contributed by atoms with E-state index in [1.54, 1.807) is 24.3 Å². The standard InChI is InChI=1S/C20H19N3O2S/c1-3-10-23-19(25)16-9-8-15(11-17(16)22-20(23)26)18(24)21-12-14-6-4-13(2)5-7-14/h3-9,11H,1,10,12H2,2H3,(H,21,24)(H,22,26). The number of aryl methyl sites for hydroxylation is 1. The molecule has 0 aliphatic carbocycles. The van der Waals surface area contributed by atoms with Crippen molar-refractivity contribution < 1.29 is 4.79 Å². The highest BCUT2D eigenvalue weighted by Gasteiger charge is 2.10. The molecular weight excluding hydrogens is 346 g/mol. The molecule has 0 unspecified atom stereocenters. The molecule has 132 valence electrons. The monoisotopic (exact) mass is 365 g/mol. The van der Waals surface area contributed by atoms with Crippen LogP contribution >= 0.6 is 12.2 Å². The Labute approximate surface area is 156 Å². The minimum atomic E-state index is -0.206. The molecule has 5 nitrogen and oxygen atoms in total. The molecule has 1 amide bonds. The average Bonchev–Trinajstić information content (AvgIpc) is 2.64. The van der Waals surface area contributed by atoms with Crippen LogP contribution in [0.1, 0.15) is 21.5 Å². The lowest BCUT2D eigenvalue weighted by Crippen LogP contribution is -2.24. The fourth-order valence-electron chi connectivity index (χ4n) is 2.68. The van der Waals surface area contributed by atoms with Gasteiger partial charge in [-0.15, -0.1) is 6.58 Å². The van der Waals surface area contributed by atoms with Crippen LogP contribution in [0.25, 0.3) is 10.9 Å². The van der Waals surface area contributed by atoms with Crippen molar-refractivity contribution in [2.45, 2.75) is 20.0 Å². The van der Waals surface area contributed by atoms with Crippen LogP contribution in [0.15, 0.2) is 59.9 Å². The van der Waals surface area contributed by atoms with Crippen molar-refractivity contribution >= 4 is 29.0 Å². The number of hydrogen-bond acceptors (Lipinski definition) is 3. The van der Waals surface area contributed by atoms with E-state index in [1.165, 1.54) is 10.1 Å². The summed E-state index contributed by atoms with van der Waals surface area (Å²) in [6.07, 6.45) is 1.61. The van der Waals surface area contributed by atoms with E-state index in [0.717, 1.165) is 5.56 Å². The van der Waals surface area contributed by atoms with Gasteiger partial charge in [0.25, 0.3) is 11.5 Å². The number of H-pyrrole nitrogens is 1. The summed E-state index contributed by atoms with van der Waals surface area (Å²) in [7, 11) is 0. The van der Waals surface area contributed by atoms with Gasteiger partial charge in [-0.1, -0.05) is 35.9 Å². The summed E-state index contributed by atoms with van der Waals surface area (Å²) in [5.41, 5.74) is 3.01. The number of carbonyl (C=O) groups excluding carboxylic acids is 1. The van der Waals surface area contributed by atoms with E-state index >= 15 is 0 Å². The highest BCUT2D eigenvalue weighted by molar-refractivity contribution is 7.71. The molecule has 3 rings (SSSR count). The van der Waals surface area contributed by atoms with Crippen LogP contribution < -0.4 is 10.9 Å². The molecule has 0 aliphatic heterocycles. The topological polar surface area (TPSA) is 66.9 Å². The molecule has 0 spiro atoms. The molecule has 2 N–H and O–H groups in total. The zero-order valence-electron chi connectivity index (χ0n) is 14.4. The summed E-state index contributed by atoms with van der Waals surface area (Å²) in [5, 5.41) is 3.37. The van der Waals surface area contributed by atoms with Gasteiger partial charge >= 0.3 is 0 Å². The molecule has 1 heterocycles. The number of aromatic nitrogens is 2. The van der Waals surface area contributed by atoms with E-state index in [-0.39, 0.29) is 11.5 Å². The summed E-state index contributed by atoms with van der Waals surface area (Å²) in [5.74, 6) is -0.206. The van der Waals surface area contributed by atoms with Crippen molar-refractivity contribution in [3.8, 4) is 0 Å². The summed E-state index contributed by atoms with van der Waals surface area (Å²) in [6.45, 7) is 6.43. The van der Waals surface area contributed by atoms with Crippen LogP contribution in [0, 0.1) is 11.7 Å². The van der Waals surface area contributed by atoms with Gasteiger partial charge in [0.1, 0.15) is 0 Å². The lowest BCUT2D eigenvalue weighted by atomic mass is 10.1. The Morgan fingerprint density at radius 3 is 2.69 bits per heavy atom. The van der Waals surface area contributed by atoms with Gasteiger partial charge in [-0.25, -0.2) is 0 Å². The van der Waals surface area contributed by atoms with Gasteiger partial charge in [-0.2, -0.15) is 0 Å². The number of allylic oxidation sites excluding steroid dienone is 1. The zero-order chi connectivity index (χ0) is 18.7. The molecule has 0 bridgehead atoms. The second-order valence-electron chi connectivity index (χ2n) is 6.06. The molecule has 26 heavy (non-hydrogen) atoms. The number of aromatic amines is 1. The van der Waals surface area contributed by atoms with E-state index in [0.29, 0.717) is 34.3 Å². The molecule has 1 aromatic heterocycles. The summed E-state index contributed by atoms with van der Waals surface area (Å²) in [4.78, 5) is 27.9. The van der Waals surface area contributed by atoms with Crippen molar-refractivity contribution in [3.63, 3.8) is 0 Å². The van der Waals surface area contributed by atoms with Crippen LogP contribution in [0.4, 0.5) is 0 Å². The quantitative estimate of drug-likeness (QED) is 0.537. The fraction of sp³-hybridized carbons (Fsp3) is 0.150. The number of hydrogen-bond donors (Lipinski definition) is 2. The Morgan fingerprint density at radius 1 is 1.27 bits per heavy atom. The number of nitrogens with zero attached hydrogens (tertiary/aromatic N) is 1. The lowest BCUT2D eigenvalue weighted by Gasteiger charge is -2.08. The zero-order valence-corrected chi connectivity index (χ0v) is 15.2. The Morgan fingerprint density at radius 2 is 2.00 bits per heavy atom. The molecule has 6 heteroatoms. The smallest absolute Gasteiger partial charge is 0.262 e. The van der Waals surface area contributed by atoms with Crippen molar-refractivity contribution in [2.75, 3.05) is 0 Å². The van der Waals surface area contributed by atoms with Crippen molar-refractivity contribution in [2.24, 2.45) is 0 Å². The second-order valence-corrected chi connectivity index (χ2v) is 6.45. The SMILES string of the molecule is C=CCn1c(=S)[nH]c2cc(C(=O)NCc3ccc(C)cc3)ccc2c1=O. The first kappa shape index (κ1) is 17.8. The Balaban J connectivity index is 1.86. The van der Waals surface area contributed by atoms with Gasteiger partial charge in [0, 0.05) is 18.7 Å². The van der Waals surface area contributed by atoms with Crippen LogP contribution in [0.3, 0.4) is 0 Å². The van der Waals surface area contributed by atoms with Crippen molar-refractivity contribution in [1.29, 1.82) is 0 Å². The Hall–Kier alpha value is -2.99. The van der Waals surface area contributed by atoms with E-state index in [1.807, 2.05) is 31.2 Å². The summed E-state index contributed by atoms with van der Waals surface area (Å²) in [6, 6.07) is 12.9.